The van der Waals surface area contributed by atoms with Crippen LogP contribution in [0.25, 0.3) is 11.0 Å². The van der Waals surface area contributed by atoms with E-state index in [0.717, 1.165) is 42.8 Å². The standard InChI is InChI=1S/C27H28Cl2N4O/c1-25(2)26(3)9-10-27(25,23-22(26)30-20-15-18(28)19(29)16-21(20)31-23)24(34)33-13-11-32(12-14-33)17-7-5-4-6-8-17/h4-8,15-16H,9-14H2,1-3H3. The van der Waals surface area contributed by atoms with Gasteiger partial charge in [0.2, 0.25) is 5.91 Å². The van der Waals surface area contributed by atoms with E-state index in [-0.39, 0.29) is 16.7 Å². The molecule has 2 heterocycles. The van der Waals surface area contributed by atoms with Crippen LogP contribution in [0.2, 0.25) is 10.0 Å². The van der Waals surface area contributed by atoms with Gasteiger partial charge in [-0.15, -0.1) is 0 Å². The number of halogens is 2. The van der Waals surface area contributed by atoms with Crippen LogP contribution >= 0.6 is 23.2 Å². The lowest BCUT2D eigenvalue weighted by atomic mass is 9.63. The number of carbonyl (C=O) groups excluding carboxylic acids is 1. The largest absolute Gasteiger partial charge is 0.368 e. The molecule has 0 radical (unpaired) electrons. The van der Waals surface area contributed by atoms with Crippen molar-refractivity contribution in [1.82, 2.24) is 14.9 Å². The number of anilines is 1. The summed E-state index contributed by atoms with van der Waals surface area (Å²) in [4.78, 5) is 28.9. The number of hydrogen-bond acceptors (Lipinski definition) is 4. The van der Waals surface area contributed by atoms with Gasteiger partial charge in [0, 0.05) is 37.3 Å². The maximum atomic E-state index is 14.4. The summed E-state index contributed by atoms with van der Waals surface area (Å²) in [5.74, 6) is 0.196. The smallest absolute Gasteiger partial charge is 0.235 e. The van der Waals surface area contributed by atoms with Crippen LogP contribution in [0.4, 0.5) is 5.69 Å². The van der Waals surface area contributed by atoms with Crippen molar-refractivity contribution in [2.75, 3.05) is 31.1 Å². The fourth-order valence-electron chi connectivity index (χ4n) is 6.65. The minimum absolute atomic E-state index is 0.196. The van der Waals surface area contributed by atoms with E-state index in [1.165, 1.54) is 5.69 Å². The van der Waals surface area contributed by atoms with Crippen molar-refractivity contribution in [3.63, 3.8) is 0 Å². The minimum Gasteiger partial charge on any atom is -0.368 e. The first-order chi connectivity index (χ1) is 16.2. The van der Waals surface area contributed by atoms with Crippen molar-refractivity contribution in [2.45, 2.75) is 44.4 Å². The lowest BCUT2D eigenvalue weighted by Crippen LogP contribution is -2.57. The maximum absolute atomic E-state index is 14.4. The van der Waals surface area contributed by atoms with Gasteiger partial charge in [-0.2, -0.15) is 0 Å². The second kappa shape index (κ2) is 7.32. The molecule has 2 aromatic carbocycles. The van der Waals surface area contributed by atoms with Crippen LogP contribution in [-0.4, -0.2) is 47.0 Å². The molecule has 1 aromatic heterocycles. The van der Waals surface area contributed by atoms with Gasteiger partial charge >= 0.3 is 0 Å². The Hall–Kier alpha value is -2.37. The van der Waals surface area contributed by atoms with Gasteiger partial charge in [-0.05, 0) is 42.5 Å². The molecule has 176 valence electrons. The zero-order valence-corrected chi connectivity index (χ0v) is 21.2. The molecule has 0 spiro atoms. The van der Waals surface area contributed by atoms with Crippen molar-refractivity contribution in [3.8, 4) is 0 Å². The summed E-state index contributed by atoms with van der Waals surface area (Å²) >= 11 is 12.6. The van der Waals surface area contributed by atoms with Crippen LogP contribution in [0, 0.1) is 5.41 Å². The van der Waals surface area contributed by atoms with Crippen LogP contribution in [0.15, 0.2) is 42.5 Å². The summed E-state index contributed by atoms with van der Waals surface area (Å²) < 4.78 is 0. The zero-order chi connectivity index (χ0) is 23.9. The molecule has 5 nitrogen and oxygen atoms in total. The molecule has 3 aliphatic rings. The number of fused-ring (bicyclic) bond motifs is 6. The molecule has 34 heavy (non-hydrogen) atoms. The molecule has 1 amide bonds. The molecule has 2 fully saturated rings. The lowest BCUT2D eigenvalue weighted by molar-refractivity contribution is -0.141. The molecular formula is C27H28Cl2N4O. The summed E-state index contributed by atoms with van der Waals surface area (Å²) in [6.45, 7) is 9.78. The molecule has 6 rings (SSSR count). The van der Waals surface area contributed by atoms with Gasteiger partial charge in [0.05, 0.1) is 37.9 Å². The summed E-state index contributed by atoms with van der Waals surface area (Å²) in [6.07, 6.45) is 1.72. The van der Waals surface area contributed by atoms with Gasteiger partial charge in [-0.3, -0.25) is 4.79 Å². The van der Waals surface area contributed by atoms with E-state index in [1.54, 1.807) is 12.1 Å². The van der Waals surface area contributed by atoms with E-state index in [0.29, 0.717) is 28.7 Å². The first kappa shape index (κ1) is 22.1. The molecule has 2 unspecified atom stereocenters. The number of amides is 1. The number of hydrogen-bond donors (Lipinski definition) is 0. The molecule has 1 aliphatic heterocycles. The van der Waals surface area contributed by atoms with E-state index < -0.39 is 5.41 Å². The van der Waals surface area contributed by atoms with Crippen LogP contribution in [0.5, 0.6) is 0 Å². The lowest BCUT2D eigenvalue weighted by Gasteiger charge is -2.44. The van der Waals surface area contributed by atoms with E-state index in [1.807, 2.05) is 6.07 Å². The summed E-state index contributed by atoms with van der Waals surface area (Å²) in [5, 5.41) is 0.924. The predicted molar refractivity (Wildman–Crippen MR) is 137 cm³/mol. The zero-order valence-electron chi connectivity index (χ0n) is 19.7. The Kier molecular flexibility index (Phi) is 4.76. The van der Waals surface area contributed by atoms with Crippen LogP contribution in [0.3, 0.4) is 0 Å². The predicted octanol–water partition coefficient (Wildman–Crippen LogP) is 5.61. The van der Waals surface area contributed by atoms with Crippen molar-refractivity contribution in [2.24, 2.45) is 5.41 Å². The highest BCUT2D eigenvalue weighted by Crippen LogP contribution is 2.70. The molecule has 1 saturated carbocycles. The Morgan fingerprint density at radius 2 is 1.44 bits per heavy atom. The molecule has 7 heteroatoms. The van der Waals surface area contributed by atoms with E-state index in [4.69, 9.17) is 33.2 Å². The molecule has 3 aromatic rings. The van der Waals surface area contributed by atoms with Crippen LogP contribution in [0.1, 0.15) is 45.0 Å². The van der Waals surface area contributed by atoms with Crippen molar-refractivity contribution in [3.05, 3.63) is 63.9 Å². The Morgan fingerprint density at radius 1 is 0.853 bits per heavy atom. The van der Waals surface area contributed by atoms with Crippen LogP contribution in [-0.2, 0) is 15.6 Å². The monoisotopic (exact) mass is 494 g/mol. The van der Waals surface area contributed by atoms with Gasteiger partial charge in [0.1, 0.15) is 0 Å². The fraction of sp³-hybridized carbons (Fsp3) is 0.444. The first-order valence-corrected chi connectivity index (χ1v) is 12.7. The third-order valence-corrected chi connectivity index (χ3v) is 9.86. The van der Waals surface area contributed by atoms with Crippen molar-refractivity contribution in [1.29, 1.82) is 0 Å². The second-order valence-corrected chi connectivity index (χ2v) is 11.5. The highest BCUT2D eigenvalue weighted by Gasteiger charge is 2.73. The topological polar surface area (TPSA) is 49.3 Å². The third kappa shape index (κ3) is 2.71. The number of piperazine rings is 1. The maximum Gasteiger partial charge on any atom is 0.235 e. The number of nitrogens with zero attached hydrogens (tertiary/aromatic N) is 4. The Labute approximate surface area is 210 Å². The minimum atomic E-state index is -0.681. The van der Waals surface area contributed by atoms with Crippen molar-refractivity contribution < 1.29 is 4.79 Å². The van der Waals surface area contributed by atoms with Gasteiger partial charge in [0.15, 0.2) is 0 Å². The SMILES string of the molecule is CC12CCC(C(=O)N3CCN(c4ccccc4)CC3)(c3nc4cc(Cl)c(Cl)cc4nc31)C2(C)C. The number of aromatic nitrogens is 2. The number of para-hydroxylation sites is 1. The molecule has 0 N–H and O–H groups in total. The Morgan fingerprint density at radius 3 is 2.06 bits per heavy atom. The molecule has 1 saturated heterocycles. The van der Waals surface area contributed by atoms with Gasteiger partial charge < -0.3 is 9.80 Å². The molecule has 2 atom stereocenters. The second-order valence-electron chi connectivity index (χ2n) is 10.7. The number of benzene rings is 2. The molecular weight excluding hydrogens is 467 g/mol. The van der Waals surface area contributed by atoms with Gasteiger partial charge in [0.25, 0.3) is 0 Å². The Balaban J connectivity index is 1.40. The van der Waals surface area contributed by atoms with Crippen LogP contribution < -0.4 is 4.90 Å². The quantitative estimate of drug-likeness (QED) is 0.464. The van der Waals surface area contributed by atoms with Gasteiger partial charge in [-0.1, -0.05) is 62.2 Å². The highest BCUT2D eigenvalue weighted by atomic mass is 35.5. The van der Waals surface area contributed by atoms with E-state index in [9.17, 15) is 4.79 Å². The Bertz CT molecular complexity index is 1320. The van der Waals surface area contributed by atoms with E-state index >= 15 is 0 Å². The summed E-state index contributed by atoms with van der Waals surface area (Å²) in [5.41, 5.74) is 3.22. The fourth-order valence-corrected chi connectivity index (χ4v) is 6.96. The number of rotatable bonds is 2. The highest BCUT2D eigenvalue weighted by molar-refractivity contribution is 6.42. The summed E-state index contributed by atoms with van der Waals surface area (Å²) in [7, 11) is 0. The average molecular weight is 495 g/mol. The van der Waals surface area contributed by atoms with Gasteiger partial charge in [-0.25, -0.2) is 9.97 Å². The average Bonchev–Trinajstić information content (AvgIpc) is 3.13. The van der Waals surface area contributed by atoms with Crippen molar-refractivity contribution >= 4 is 45.8 Å². The molecule has 2 bridgehead atoms. The normalized spacial score (nSPS) is 27.3. The third-order valence-electron chi connectivity index (χ3n) is 9.13. The number of carbonyl (C=O) groups is 1. The summed E-state index contributed by atoms with van der Waals surface area (Å²) in [6, 6.07) is 14.0. The van der Waals surface area contributed by atoms with E-state index in [2.05, 4.69) is 54.8 Å². The molecule has 2 aliphatic carbocycles. The first-order valence-electron chi connectivity index (χ1n) is 12.0.